The Labute approximate surface area is 183 Å². The largest absolute Gasteiger partial charge is 0.396 e. The van der Waals surface area contributed by atoms with Gasteiger partial charge < -0.3 is 10.2 Å². The summed E-state index contributed by atoms with van der Waals surface area (Å²) < 4.78 is 0. The van der Waals surface area contributed by atoms with E-state index in [-0.39, 0.29) is 12.8 Å². The molecule has 3 nitrogen and oxygen atoms in total. The highest BCUT2D eigenvalue weighted by atomic mass is 16.3. The molecule has 0 bridgehead atoms. The van der Waals surface area contributed by atoms with E-state index in [2.05, 4.69) is 12.2 Å². The highest BCUT2D eigenvalue weighted by molar-refractivity contribution is 4.56. The van der Waals surface area contributed by atoms with Crippen molar-refractivity contribution in [3.05, 3.63) is 0 Å². The van der Waals surface area contributed by atoms with E-state index in [1.54, 1.807) is 0 Å². The van der Waals surface area contributed by atoms with Crippen LogP contribution in [-0.4, -0.2) is 29.6 Å². The van der Waals surface area contributed by atoms with E-state index in [0.29, 0.717) is 0 Å². The first kappa shape index (κ1) is 28.9. The van der Waals surface area contributed by atoms with Crippen LogP contribution in [0.1, 0.15) is 148 Å². The van der Waals surface area contributed by atoms with Crippen LogP contribution in [0, 0.1) is 0 Å². The van der Waals surface area contributed by atoms with Gasteiger partial charge in [0, 0.05) is 6.61 Å². The number of hydrogen-bond donors (Lipinski definition) is 3. The fourth-order valence-electron chi connectivity index (χ4n) is 4.02. The summed E-state index contributed by atoms with van der Waals surface area (Å²) in [5, 5.41) is 21.7. The number of aliphatic hydroxyl groups excluding tert-OH is 2. The van der Waals surface area contributed by atoms with Crippen molar-refractivity contribution < 1.29 is 10.2 Å². The Balaban J connectivity index is 3.06. The lowest BCUT2D eigenvalue weighted by atomic mass is 10.0. The van der Waals surface area contributed by atoms with Crippen molar-refractivity contribution >= 4 is 0 Å². The summed E-state index contributed by atoms with van der Waals surface area (Å²) in [7, 11) is 0. The minimum atomic E-state index is -0.362. The maximum absolute atomic E-state index is 9.82. The third-order valence-corrected chi connectivity index (χ3v) is 6.05. The molecule has 0 saturated heterocycles. The van der Waals surface area contributed by atoms with E-state index in [4.69, 9.17) is 5.11 Å². The quantitative estimate of drug-likeness (QED) is 0.107. The number of unbranched alkanes of at least 4 members (excludes halogenated alkanes) is 19. The zero-order valence-corrected chi connectivity index (χ0v) is 19.9. The molecule has 176 valence electrons. The first-order valence-corrected chi connectivity index (χ1v) is 13.3. The summed E-state index contributed by atoms with van der Waals surface area (Å²) in [5.74, 6) is 0. The minimum Gasteiger partial charge on any atom is -0.396 e. The fourth-order valence-corrected chi connectivity index (χ4v) is 4.02. The zero-order chi connectivity index (χ0) is 21.3. The molecule has 0 aliphatic rings. The van der Waals surface area contributed by atoms with Crippen LogP contribution in [0.4, 0.5) is 0 Å². The first-order chi connectivity index (χ1) is 14.3. The molecule has 1 atom stereocenters. The third kappa shape index (κ3) is 25.8. The van der Waals surface area contributed by atoms with E-state index in [1.165, 1.54) is 116 Å². The monoisotopic (exact) mass is 413 g/mol. The van der Waals surface area contributed by atoms with E-state index in [9.17, 15) is 5.11 Å². The van der Waals surface area contributed by atoms with Crippen LogP contribution in [0.2, 0.25) is 0 Å². The van der Waals surface area contributed by atoms with Crippen LogP contribution in [-0.2, 0) is 0 Å². The fraction of sp³-hybridized carbons (Fsp3) is 1.00. The average Bonchev–Trinajstić information content (AvgIpc) is 2.73. The number of hydrogen-bond acceptors (Lipinski definition) is 3. The Morgan fingerprint density at radius 2 is 0.897 bits per heavy atom. The predicted octanol–water partition coefficient (Wildman–Crippen LogP) is 7.49. The molecular weight excluding hydrogens is 358 g/mol. The van der Waals surface area contributed by atoms with Gasteiger partial charge in [-0.15, -0.1) is 0 Å². The zero-order valence-electron chi connectivity index (χ0n) is 19.9. The van der Waals surface area contributed by atoms with Crippen LogP contribution >= 0.6 is 0 Å². The molecule has 0 aromatic heterocycles. The highest BCUT2D eigenvalue weighted by Gasteiger charge is 2.02. The van der Waals surface area contributed by atoms with Crippen LogP contribution in [0.5, 0.6) is 0 Å². The van der Waals surface area contributed by atoms with Gasteiger partial charge >= 0.3 is 0 Å². The van der Waals surface area contributed by atoms with Crippen molar-refractivity contribution in [2.75, 3.05) is 13.2 Å². The lowest BCUT2D eigenvalue weighted by Crippen LogP contribution is -2.29. The smallest absolute Gasteiger partial charge is 0.104 e. The molecule has 0 aliphatic heterocycles. The van der Waals surface area contributed by atoms with E-state index >= 15 is 0 Å². The van der Waals surface area contributed by atoms with Gasteiger partial charge in [-0.3, -0.25) is 5.32 Å². The summed E-state index contributed by atoms with van der Waals surface area (Å²) >= 11 is 0. The van der Waals surface area contributed by atoms with Crippen LogP contribution < -0.4 is 5.32 Å². The van der Waals surface area contributed by atoms with Gasteiger partial charge in [-0.1, -0.05) is 122 Å². The Bertz CT molecular complexity index is 286. The van der Waals surface area contributed by atoms with E-state index < -0.39 is 0 Å². The Morgan fingerprint density at radius 1 is 0.517 bits per heavy atom. The number of rotatable bonds is 25. The van der Waals surface area contributed by atoms with Crippen LogP contribution in [0.3, 0.4) is 0 Å². The highest BCUT2D eigenvalue weighted by Crippen LogP contribution is 2.15. The maximum atomic E-state index is 9.82. The van der Waals surface area contributed by atoms with Crippen molar-refractivity contribution in [3.8, 4) is 0 Å². The molecule has 0 heterocycles. The van der Waals surface area contributed by atoms with E-state index in [1.807, 2.05) is 0 Å². The van der Waals surface area contributed by atoms with Crippen molar-refractivity contribution in [1.29, 1.82) is 0 Å². The van der Waals surface area contributed by atoms with Crippen LogP contribution in [0.25, 0.3) is 0 Å². The topological polar surface area (TPSA) is 52.5 Å². The predicted molar refractivity (Wildman–Crippen MR) is 128 cm³/mol. The molecule has 3 N–H and O–H groups in total. The molecule has 0 aliphatic carbocycles. The Morgan fingerprint density at radius 3 is 1.28 bits per heavy atom. The average molecular weight is 414 g/mol. The van der Waals surface area contributed by atoms with Gasteiger partial charge in [-0.05, 0) is 32.2 Å². The van der Waals surface area contributed by atoms with Gasteiger partial charge in [0.15, 0.2) is 0 Å². The van der Waals surface area contributed by atoms with Gasteiger partial charge in [0.2, 0.25) is 0 Å². The molecular formula is C26H55NO2. The molecule has 1 unspecified atom stereocenters. The number of aliphatic hydroxyl groups is 2. The summed E-state index contributed by atoms with van der Waals surface area (Å²) in [6.07, 6.45) is 28.8. The van der Waals surface area contributed by atoms with E-state index in [0.717, 1.165) is 32.2 Å². The first-order valence-electron chi connectivity index (χ1n) is 13.3. The van der Waals surface area contributed by atoms with Crippen molar-refractivity contribution in [2.45, 2.75) is 154 Å². The van der Waals surface area contributed by atoms with Crippen molar-refractivity contribution in [2.24, 2.45) is 0 Å². The molecule has 0 amide bonds. The Hall–Kier alpha value is -0.120. The van der Waals surface area contributed by atoms with Gasteiger partial charge in [-0.25, -0.2) is 0 Å². The summed E-state index contributed by atoms with van der Waals surface area (Å²) in [4.78, 5) is 0. The summed E-state index contributed by atoms with van der Waals surface area (Å²) in [6.45, 7) is 3.34. The molecule has 29 heavy (non-hydrogen) atoms. The lowest BCUT2D eigenvalue weighted by Gasteiger charge is -2.12. The minimum absolute atomic E-state index is 0.247. The Kier molecular flexibility index (Phi) is 25.8. The van der Waals surface area contributed by atoms with Gasteiger partial charge in [0.05, 0.1) is 0 Å². The number of nitrogens with one attached hydrogen (secondary N) is 1. The lowest BCUT2D eigenvalue weighted by molar-refractivity contribution is 0.123. The molecule has 3 heteroatoms. The molecule has 0 aromatic carbocycles. The SMILES string of the molecule is CCCCCCCCCCCCCCCCCCCCCC(O)NCCCCO. The summed E-state index contributed by atoms with van der Waals surface area (Å²) in [5.41, 5.74) is 0. The normalized spacial score (nSPS) is 12.5. The molecule has 0 radical (unpaired) electrons. The third-order valence-electron chi connectivity index (χ3n) is 6.05. The second-order valence-corrected chi connectivity index (χ2v) is 9.05. The molecule has 0 aromatic rings. The van der Waals surface area contributed by atoms with Crippen molar-refractivity contribution in [1.82, 2.24) is 5.32 Å². The molecule has 0 fully saturated rings. The van der Waals surface area contributed by atoms with Crippen molar-refractivity contribution in [3.63, 3.8) is 0 Å². The van der Waals surface area contributed by atoms with Gasteiger partial charge in [0.1, 0.15) is 6.23 Å². The standard InChI is InChI=1S/C26H55NO2/c1-2-3-4-5-6-7-8-9-10-11-12-13-14-15-16-17-18-19-20-23-26(29)27-24-21-22-25-28/h26-29H,2-25H2,1H3. The van der Waals surface area contributed by atoms with Crippen LogP contribution in [0.15, 0.2) is 0 Å². The molecule has 0 spiro atoms. The molecule has 0 saturated carbocycles. The maximum Gasteiger partial charge on any atom is 0.104 e. The summed E-state index contributed by atoms with van der Waals surface area (Å²) in [6, 6.07) is 0. The van der Waals surface area contributed by atoms with Gasteiger partial charge in [-0.2, -0.15) is 0 Å². The second kappa shape index (κ2) is 25.9. The molecule has 0 rings (SSSR count). The second-order valence-electron chi connectivity index (χ2n) is 9.05. The van der Waals surface area contributed by atoms with Gasteiger partial charge in [0.25, 0.3) is 0 Å².